The molecule has 0 atom stereocenters. The van der Waals surface area contributed by atoms with Gasteiger partial charge in [-0.05, 0) is 6.42 Å². The number of carbonyl (C=O) groups excluding carboxylic acids is 1. The number of hydrogen-bond acceptors (Lipinski definition) is 5. The molecule has 0 spiro atoms. The minimum atomic E-state index is -3.75. The van der Waals surface area contributed by atoms with E-state index in [-0.39, 0.29) is 35.3 Å². The summed E-state index contributed by atoms with van der Waals surface area (Å²) in [6.07, 6.45) is 10.9. The monoisotopic (exact) mass is 345 g/mol. The Hall–Kier alpha value is 0.540. The molecule has 0 bridgehead atoms. The first-order valence-electron chi connectivity index (χ1n) is 8.01. The number of ketones is 1. The van der Waals surface area contributed by atoms with Gasteiger partial charge in [-0.1, -0.05) is 58.3 Å². The van der Waals surface area contributed by atoms with Crippen molar-refractivity contribution in [1.29, 1.82) is 0 Å². The Morgan fingerprint density at radius 2 is 1.45 bits per heavy atom. The number of hydrogen-bond donors (Lipinski definition) is 1. The molecule has 1 radical (unpaired) electrons. The molecule has 7 heteroatoms. The van der Waals surface area contributed by atoms with Crippen molar-refractivity contribution >= 4 is 45.5 Å². The Balaban J connectivity index is 0. The summed E-state index contributed by atoms with van der Waals surface area (Å²) in [7, 11) is -3.75. The molecule has 0 saturated carbocycles. The summed E-state index contributed by atoms with van der Waals surface area (Å²) in [6.45, 7) is 1.31. The quantitative estimate of drug-likeness (QED) is 0.280. The van der Waals surface area contributed by atoms with Crippen LogP contribution < -0.4 is 0 Å². The van der Waals surface area contributed by atoms with E-state index in [1.807, 2.05) is 0 Å². The van der Waals surface area contributed by atoms with Gasteiger partial charge in [0.05, 0.1) is 12.4 Å². The summed E-state index contributed by atoms with van der Waals surface area (Å²) in [5, 5.41) is 8.51. The predicted molar refractivity (Wildman–Crippen MR) is 89.4 cm³/mol. The molecule has 127 valence electrons. The standard InChI is InChI=1S/C15H30O5S.Na/c1-2-3-4-5-6-7-8-9-10-11-15(17)14-20-21(18,19)13-12-16;/h16H,2-14H2,1H3;. The average Bonchev–Trinajstić information content (AvgIpc) is 2.43. The van der Waals surface area contributed by atoms with Crippen molar-refractivity contribution in [2.75, 3.05) is 19.0 Å². The molecule has 0 aliphatic carbocycles. The van der Waals surface area contributed by atoms with E-state index < -0.39 is 29.1 Å². The van der Waals surface area contributed by atoms with Gasteiger partial charge in [0.15, 0.2) is 5.78 Å². The predicted octanol–water partition coefficient (Wildman–Crippen LogP) is 2.43. The number of aliphatic hydroxyl groups excluding tert-OH is 1. The molecule has 0 unspecified atom stereocenters. The van der Waals surface area contributed by atoms with E-state index in [9.17, 15) is 13.2 Å². The fourth-order valence-corrected chi connectivity index (χ4v) is 2.68. The van der Waals surface area contributed by atoms with Crippen molar-refractivity contribution < 1.29 is 22.5 Å². The maximum atomic E-state index is 11.4. The summed E-state index contributed by atoms with van der Waals surface area (Å²) in [4.78, 5) is 11.4. The third-order valence-electron chi connectivity index (χ3n) is 3.30. The molecule has 5 nitrogen and oxygen atoms in total. The van der Waals surface area contributed by atoms with Crippen LogP contribution in [0.4, 0.5) is 0 Å². The molecule has 22 heavy (non-hydrogen) atoms. The van der Waals surface area contributed by atoms with Crippen molar-refractivity contribution in [3.8, 4) is 0 Å². The maximum Gasteiger partial charge on any atom is 0.270 e. The molecule has 0 aromatic carbocycles. The number of Topliss-reactive ketones (excluding diaryl/α,β-unsaturated/α-hetero) is 1. The number of aliphatic hydroxyl groups is 1. The van der Waals surface area contributed by atoms with Crippen LogP contribution in [0.3, 0.4) is 0 Å². The van der Waals surface area contributed by atoms with E-state index in [1.54, 1.807) is 0 Å². The summed E-state index contributed by atoms with van der Waals surface area (Å²) in [5.74, 6) is -0.655. The Kier molecular flexibility index (Phi) is 18.5. The Morgan fingerprint density at radius 1 is 0.955 bits per heavy atom. The van der Waals surface area contributed by atoms with Crippen molar-refractivity contribution in [3.05, 3.63) is 0 Å². The molecule has 0 heterocycles. The van der Waals surface area contributed by atoms with E-state index in [0.29, 0.717) is 6.42 Å². The van der Waals surface area contributed by atoms with Crippen LogP contribution in [-0.2, 0) is 19.1 Å². The van der Waals surface area contributed by atoms with E-state index in [1.165, 1.54) is 38.5 Å². The van der Waals surface area contributed by atoms with Crippen LogP contribution in [0.5, 0.6) is 0 Å². The molecule has 0 aliphatic heterocycles. The fraction of sp³-hybridized carbons (Fsp3) is 0.933. The minimum Gasteiger partial charge on any atom is -0.395 e. The summed E-state index contributed by atoms with van der Waals surface area (Å²) < 4.78 is 26.8. The molecule has 0 aromatic rings. The molecular formula is C15H30NaO5S. The van der Waals surface area contributed by atoms with Gasteiger partial charge in [-0.15, -0.1) is 0 Å². The molecule has 0 aliphatic rings. The normalized spacial score (nSPS) is 11.2. The molecule has 1 N–H and O–H groups in total. The zero-order valence-electron chi connectivity index (χ0n) is 14.2. The molecule has 0 saturated heterocycles. The van der Waals surface area contributed by atoms with E-state index >= 15 is 0 Å². The van der Waals surface area contributed by atoms with Gasteiger partial charge in [-0.2, -0.15) is 8.42 Å². The van der Waals surface area contributed by atoms with Crippen molar-refractivity contribution in [2.45, 2.75) is 71.1 Å². The second-order valence-electron chi connectivity index (χ2n) is 5.36. The number of carbonyl (C=O) groups is 1. The van der Waals surface area contributed by atoms with Crippen LogP contribution in [0.1, 0.15) is 71.1 Å². The van der Waals surface area contributed by atoms with Gasteiger partial charge in [0, 0.05) is 36.0 Å². The van der Waals surface area contributed by atoms with Crippen LogP contribution in [0.25, 0.3) is 0 Å². The van der Waals surface area contributed by atoms with Crippen LogP contribution >= 0.6 is 0 Å². The second kappa shape index (κ2) is 16.4. The van der Waals surface area contributed by atoms with Gasteiger partial charge in [0.1, 0.15) is 6.61 Å². The summed E-state index contributed by atoms with van der Waals surface area (Å²) in [6, 6.07) is 0. The van der Waals surface area contributed by atoms with Gasteiger partial charge in [0.25, 0.3) is 10.1 Å². The first-order chi connectivity index (χ1) is 10.0. The zero-order chi connectivity index (χ0) is 16.0. The molecule has 0 fully saturated rings. The van der Waals surface area contributed by atoms with E-state index in [2.05, 4.69) is 11.1 Å². The van der Waals surface area contributed by atoms with E-state index in [4.69, 9.17) is 5.11 Å². The van der Waals surface area contributed by atoms with Crippen LogP contribution in [-0.4, -0.2) is 67.8 Å². The fourth-order valence-electron chi connectivity index (χ4n) is 2.03. The molecule has 0 rings (SSSR count). The molecular weight excluding hydrogens is 315 g/mol. The van der Waals surface area contributed by atoms with Crippen molar-refractivity contribution in [1.82, 2.24) is 0 Å². The van der Waals surface area contributed by atoms with Crippen molar-refractivity contribution in [2.24, 2.45) is 0 Å². The third-order valence-corrected chi connectivity index (χ3v) is 4.46. The van der Waals surface area contributed by atoms with Crippen LogP contribution in [0, 0.1) is 0 Å². The first kappa shape index (κ1) is 24.8. The second-order valence-corrected chi connectivity index (χ2v) is 7.12. The molecule has 0 aromatic heterocycles. The largest absolute Gasteiger partial charge is 0.395 e. The number of rotatable bonds is 15. The van der Waals surface area contributed by atoms with Gasteiger partial charge in [-0.3, -0.25) is 8.98 Å². The zero-order valence-corrected chi connectivity index (χ0v) is 17.0. The molecule has 0 amide bonds. The SMILES string of the molecule is CCCCCCCCCCCC(=O)COS(=O)(=O)CCO.[Na]. The van der Waals surface area contributed by atoms with Gasteiger partial charge < -0.3 is 5.11 Å². The summed E-state index contributed by atoms with van der Waals surface area (Å²) in [5.41, 5.74) is 0. The maximum absolute atomic E-state index is 11.4. The van der Waals surface area contributed by atoms with E-state index in [0.717, 1.165) is 19.3 Å². The topological polar surface area (TPSA) is 80.7 Å². The Bertz CT molecular complexity index is 357. The van der Waals surface area contributed by atoms with Gasteiger partial charge >= 0.3 is 0 Å². The van der Waals surface area contributed by atoms with Crippen LogP contribution in [0.2, 0.25) is 0 Å². The number of unbranched alkanes of at least 4 members (excludes halogenated alkanes) is 8. The minimum absolute atomic E-state index is 0. The Morgan fingerprint density at radius 3 is 1.95 bits per heavy atom. The summed E-state index contributed by atoms with van der Waals surface area (Å²) >= 11 is 0. The first-order valence-corrected chi connectivity index (χ1v) is 9.59. The van der Waals surface area contributed by atoms with Crippen LogP contribution in [0.15, 0.2) is 0 Å². The smallest absolute Gasteiger partial charge is 0.270 e. The third kappa shape index (κ3) is 16.9. The van der Waals surface area contributed by atoms with Gasteiger partial charge in [-0.25, -0.2) is 0 Å². The van der Waals surface area contributed by atoms with Gasteiger partial charge in [0.2, 0.25) is 0 Å². The Labute approximate surface area is 157 Å². The average molecular weight is 345 g/mol. The van der Waals surface area contributed by atoms with Crippen molar-refractivity contribution in [3.63, 3.8) is 0 Å².